The summed E-state index contributed by atoms with van der Waals surface area (Å²) in [6, 6.07) is 0. The van der Waals surface area contributed by atoms with Crippen molar-refractivity contribution in [3.63, 3.8) is 0 Å². The highest BCUT2D eigenvalue weighted by atomic mass is 19.1. The van der Waals surface area contributed by atoms with E-state index in [4.69, 9.17) is 9.47 Å². The van der Waals surface area contributed by atoms with Gasteiger partial charge in [0, 0.05) is 13.5 Å². The van der Waals surface area contributed by atoms with Gasteiger partial charge in [-0.1, -0.05) is 0 Å². The van der Waals surface area contributed by atoms with Crippen LogP contribution < -0.4 is 11.2 Å². The molecule has 0 bridgehead atoms. The van der Waals surface area contributed by atoms with E-state index in [2.05, 4.69) is 0 Å². The van der Waals surface area contributed by atoms with E-state index in [1.54, 1.807) is 4.98 Å². The third-order valence-corrected chi connectivity index (χ3v) is 2.68. The molecule has 3 atom stereocenters. The minimum absolute atomic E-state index is 0.0473. The number of alkyl halides is 1. The predicted molar refractivity (Wildman–Crippen MR) is 56.6 cm³/mol. The van der Waals surface area contributed by atoms with Crippen LogP contribution in [0.15, 0.2) is 15.8 Å². The number of hydrogen-bond acceptors (Lipinski definition) is 4. The Morgan fingerprint density at radius 2 is 2.33 bits per heavy atom. The molecule has 1 aromatic rings. The van der Waals surface area contributed by atoms with Gasteiger partial charge in [0.05, 0.1) is 18.9 Å². The van der Waals surface area contributed by atoms with Crippen molar-refractivity contribution < 1.29 is 18.3 Å². The Morgan fingerprint density at radius 1 is 1.61 bits per heavy atom. The molecule has 0 radical (unpaired) electrons. The van der Waals surface area contributed by atoms with E-state index < -0.39 is 35.6 Å². The molecular formula is C10H12F2N2O4. The number of rotatable bonds is 3. The number of halogens is 2. The first kappa shape index (κ1) is 12.9. The molecule has 8 heteroatoms. The molecule has 0 amide bonds. The molecule has 100 valence electrons. The lowest BCUT2D eigenvalue weighted by molar-refractivity contribution is -0.0467. The zero-order valence-electron chi connectivity index (χ0n) is 9.56. The number of hydrogen-bond donors (Lipinski definition) is 1. The van der Waals surface area contributed by atoms with E-state index in [-0.39, 0.29) is 13.0 Å². The lowest BCUT2D eigenvalue weighted by Gasteiger charge is -2.16. The third-order valence-electron chi connectivity index (χ3n) is 2.68. The molecule has 0 spiro atoms. The van der Waals surface area contributed by atoms with Crippen molar-refractivity contribution in [1.82, 2.24) is 9.55 Å². The van der Waals surface area contributed by atoms with Crippen molar-refractivity contribution in [1.29, 1.82) is 0 Å². The molecule has 1 aliphatic rings. The number of ether oxygens (including phenoxy) is 2. The van der Waals surface area contributed by atoms with Crippen LogP contribution in [0.5, 0.6) is 0 Å². The minimum atomic E-state index is -1.46. The van der Waals surface area contributed by atoms with Crippen molar-refractivity contribution in [3.8, 4) is 0 Å². The van der Waals surface area contributed by atoms with Crippen molar-refractivity contribution in [2.24, 2.45) is 0 Å². The van der Waals surface area contributed by atoms with Crippen LogP contribution in [0.3, 0.4) is 0 Å². The highest BCUT2D eigenvalue weighted by molar-refractivity contribution is 4.91. The first-order chi connectivity index (χ1) is 8.52. The van der Waals surface area contributed by atoms with Gasteiger partial charge in [-0.15, -0.1) is 0 Å². The van der Waals surface area contributed by atoms with Gasteiger partial charge in [-0.2, -0.15) is 4.39 Å². The zero-order chi connectivity index (χ0) is 13.3. The van der Waals surface area contributed by atoms with Gasteiger partial charge in [-0.05, 0) is 0 Å². The van der Waals surface area contributed by atoms with Gasteiger partial charge in [-0.3, -0.25) is 14.3 Å². The van der Waals surface area contributed by atoms with Gasteiger partial charge in [0.25, 0.3) is 5.56 Å². The van der Waals surface area contributed by atoms with E-state index in [0.29, 0.717) is 10.8 Å². The quantitative estimate of drug-likeness (QED) is 0.828. The fraction of sp³-hybridized carbons (Fsp3) is 0.600. The van der Waals surface area contributed by atoms with Crippen LogP contribution in [0.4, 0.5) is 8.78 Å². The summed E-state index contributed by atoms with van der Waals surface area (Å²) in [4.78, 5) is 24.1. The maximum Gasteiger partial charge on any atom is 0.330 e. The average Bonchev–Trinajstić information content (AvgIpc) is 2.65. The maximum atomic E-state index is 13.7. The summed E-state index contributed by atoms with van der Waals surface area (Å²) in [5, 5.41) is 0. The summed E-state index contributed by atoms with van der Waals surface area (Å²) in [5.74, 6) is -1.17. The predicted octanol–water partition coefficient (Wildman–Crippen LogP) is -0.0523. The van der Waals surface area contributed by atoms with Gasteiger partial charge in [-0.25, -0.2) is 9.18 Å². The molecule has 6 nitrogen and oxygen atoms in total. The topological polar surface area (TPSA) is 73.3 Å². The second-order valence-corrected chi connectivity index (χ2v) is 4.00. The van der Waals surface area contributed by atoms with E-state index in [1.807, 2.05) is 0 Å². The molecule has 1 unspecified atom stereocenters. The number of nitrogens with zero attached hydrogens (tertiary/aromatic N) is 1. The fourth-order valence-corrected chi connectivity index (χ4v) is 1.89. The molecule has 0 saturated carbocycles. The molecule has 1 fully saturated rings. The van der Waals surface area contributed by atoms with E-state index in [0.717, 1.165) is 0 Å². The second-order valence-electron chi connectivity index (χ2n) is 4.00. The van der Waals surface area contributed by atoms with Crippen LogP contribution in [-0.2, 0) is 9.47 Å². The standard InChI is InChI=1S/C10H12F2N2O4/c1-17-4-5-2-6(11)9(18-5)14-3-7(12)8(15)13-10(14)16/h3,5-6,9H,2,4H2,1H3,(H,13,15,16)/t5-,6?,9+/m1/s1. The molecule has 1 aliphatic heterocycles. The van der Waals surface area contributed by atoms with Crippen LogP contribution in [-0.4, -0.2) is 35.5 Å². The SMILES string of the molecule is COC[C@H]1CC(F)[C@@H](n2cc(F)c(=O)[nH]c2=O)O1. The van der Waals surface area contributed by atoms with E-state index in [1.165, 1.54) is 7.11 Å². The first-order valence-corrected chi connectivity index (χ1v) is 5.32. The Morgan fingerprint density at radius 3 is 3.00 bits per heavy atom. The lowest BCUT2D eigenvalue weighted by atomic mass is 10.2. The van der Waals surface area contributed by atoms with Crippen LogP contribution in [0, 0.1) is 5.82 Å². The summed E-state index contributed by atoms with van der Waals surface area (Å²) < 4.78 is 37.6. The van der Waals surface area contributed by atoms with Gasteiger partial charge in [0.2, 0.25) is 5.82 Å². The number of aromatic nitrogens is 2. The molecule has 0 aliphatic carbocycles. The summed E-state index contributed by atoms with van der Waals surface area (Å²) in [5.41, 5.74) is -2.05. The Labute approximate surface area is 100 Å². The fourth-order valence-electron chi connectivity index (χ4n) is 1.89. The smallest absolute Gasteiger partial charge is 0.330 e. The van der Waals surface area contributed by atoms with Crippen molar-refractivity contribution >= 4 is 0 Å². The van der Waals surface area contributed by atoms with Crippen LogP contribution in [0.25, 0.3) is 0 Å². The second kappa shape index (κ2) is 4.99. The van der Waals surface area contributed by atoms with Crippen molar-refractivity contribution in [3.05, 3.63) is 32.9 Å². The van der Waals surface area contributed by atoms with Gasteiger partial charge in [0.15, 0.2) is 6.23 Å². The van der Waals surface area contributed by atoms with Gasteiger partial charge in [0.1, 0.15) is 6.17 Å². The largest absolute Gasteiger partial charge is 0.382 e. The number of aromatic amines is 1. The molecule has 2 rings (SSSR count). The van der Waals surface area contributed by atoms with E-state index in [9.17, 15) is 18.4 Å². The highest BCUT2D eigenvalue weighted by Crippen LogP contribution is 2.30. The average molecular weight is 262 g/mol. The normalized spacial score (nSPS) is 27.6. The van der Waals surface area contributed by atoms with Crippen LogP contribution in [0.2, 0.25) is 0 Å². The van der Waals surface area contributed by atoms with E-state index >= 15 is 0 Å². The minimum Gasteiger partial charge on any atom is -0.382 e. The lowest BCUT2D eigenvalue weighted by Crippen LogP contribution is -2.36. The molecule has 2 heterocycles. The third kappa shape index (κ3) is 2.34. The summed E-state index contributed by atoms with van der Waals surface area (Å²) in [7, 11) is 1.44. The number of H-pyrrole nitrogens is 1. The summed E-state index contributed by atoms with van der Waals surface area (Å²) in [6.45, 7) is 0.178. The molecule has 1 saturated heterocycles. The van der Waals surface area contributed by atoms with Crippen molar-refractivity contribution in [2.45, 2.75) is 24.9 Å². The zero-order valence-corrected chi connectivity index (χ0v) is 9.56. The number of methoxy groups -OCH3 is 1. The molecule has 1 aromatic heterocycles. The molecule has 18 heavy (non-hydrogen) atoms. The van der Waals surface area contributed by atoms with Gasteiger partial charge < -0.3 is 9.47 Å². The molecule has 0 aromatic carbocycles. The van der Waals surface area contributed by atoms with Gasteiger partial charge >= 0.3 is 5.69 Å². The molecule has 1 N–H and O–H groups in total. The maximum absolute atomic E-state index is 13.7. The van der Waals surface area contributed by atoms with Crippen LogP contribution >= 0.6 is 0 Å². The number of nitrogens with one attached hydrogen (secondary N) is 1. The molecular weight excluding hydrogens is 250 g/mol. The Kier molecular flexibility index (Phi) is 3.58. The Hall–Kier alpha value is -1.54. The summed E-state index contributed by atoms with van der Waals surface area (Å²) >= 11 is 0. The highest BCUT2D eigenvalue weighted by Gasteiger charge is 2.37. The Bertz CT molecular complexity index is 541. The summed E-state index contributed by atoms with van der Waals surface area (Å²) in [6.07, 6.45) is -2.52. The first-order valence-electron chi connectivity index (χ1n) is 5.32. The van der Waals surface area contributed by atoms with Crippen LogP contribution in [0.1, 0.15) is 12.6 Å². The monoisotopic (exact) mass is 262 g/mol. The Balaban J connectivity index is 2.30. The van der Waals surface area contributed by atoms with Crippen molar-refractivity contribution in [2.75, 3.05) is 13.7 Å².